The molecule has 1 amide bonds. The smallest absolute Gasteiger partial charge is 0.247 e. The topological polar surface area (TPSA) is 88.6 Å². The van der Waals surface area contributed by atoms with Gasteiger partial charge in [-0.25, -0.2) is 13.4 Å². The molecule has 10 heteroatoms. The molecule has 7 nitrogen and oxygen atoms in total. The van der Waals surface area contributed by atoms with Gasteiger partial charge in [-0.2, -0.15) is 4.31 Å². The van der Waals surface area contributed by atoms with Crippen molar-refractivity contribution in [3.8, 4) is 5.75 Å². The number of amides is 1. The summed E-state index contributed by atoms with van der Waals surface area (Å²) in [5, 5.41) is 6.06. The SMILES string of the molecule is COc1ccc(Cl)cc1S(=O)(=O)N1CCCC1C(=O)NCCc1csc(C)n1. The summed E-state index contributed by atoms with van der Waals surface area (Å²) in [7, 11) is -2.52. The highest BCUT2D eigenvalue weighted by Gasteiger charge is 2.40. The molecule has 0 aliphatic carbocycles. The maximum Gasteiger partial charge on any atom is 0.247 e. The number of nitrogens with zero attached hydrogens (tertiary/aromatic N) is 2. The van der Waals surface area contributed by atoms with E-state index in [1.165, 1.54) is 23.5 Å². The predicted octanol–water partition coefficient (Wildman–Crippen LogP) is 2.63. The summed E-state index contributed by atoms with van der Waals surface area (Å²) in [4.78, 5) is 17.0. The number of rotatable bonds is 7. The van der Waals surface area contributed by atoms with E-state index in [0.29, 0.717) is 25.8 Å². The maximum absolute atomic E-state index is 13.2. The normalized spacial score (nSPS) is 17.6. The average molecular weight is 444 g/mol. The van der Waals surface area contributed by atoms with E-state index in [1.807, 2.05) is 12.3 Å². The largest absolute Gasteiger partial charge is 0.495 e. The van der Waals surface area contributed by atoms with Gasteiger partial charge in [-0.15, -0.1) is 11.3 Å². The molecule has 1 saturated heterocycles. The van der Waals surface area contributed by atoms with Gasteiger partial charge in [-0.05, 0) is 38.0 Å². The monoisotopic (exact) mass is 443 g/mol. The van der Waals surface area contributed by atoms with E-state index < -0.39 is 16.1 Å². The average Bonchev–Trinajstić information content (AvgIpc) is 3.31. The lowest BCUT2D eigenvalue weighted by Gasteiger charge is -2.24. The summed E-state index contributed by atoms with van der Waals surface area (Å²) in [6.07, 6.45) is 1.70. The molecule has 2 heterocycles. The highest BCUT2D eigenvalue weighted by Crippen LogP contribution is 2.33. The second-order valence-electron chi connectivity index (χ2n) is 6.47. The molecule has 0 saturated carbocycles. The van der Waals surface area contributed by atoms with Gasteiger partial charge < -0.3 is 10.1 Å². The van der Waals surface area contributed by atoms with Gasteiger partial charge >= 0.3 is 0 Å². The Hall–Kier alpha value is -1.68. The number of benzene rings is 1. The molecule has 0 bridgehead atoms. The Labute approximate surface area is 173 Å². The van der Waals surface area contributed by atoms with E-state index in [9.17, 15) is 13.2 Å². The van der Waals surface area contributed by atoms with Crippen LogP contribution in [-0.4, -0.2) is 49.9 Å². The first-order valence-corrected chi connectivity index (χ1v) is 11.6. The Morgan fingerprint density at radius 2 is 2.25 bits per heavy atom. The van der Waals surface area contributed by atoms with Crippen LogP contribution in [0.3, 0.4) is 0 Å². The van der Waals surface area contributed by atoms with Gasteiger partial charge in [0.2, 0.25) is 15.9 Å². The van der Waals surface area contributed by atoms with Crippen LogP contribution < -0.4 is 10.1 Å². The van der Waals surface area contributed by atoms with Gasteiger partial charge in [-0.1, -0.05) is 11.6 Å². The molecule has 1 atom stereocenters. The second kappa shape index (κ2) is 8.77. The van der Waals surface area contributed by atoms with Crippen molar-refractivity contribution in [3.63, 3.8) is 0 Å². The van der Waals surface area contributed by atoms with Gasteiger partial charge in [-0.3, -0.25) is 4.79 Å². The van der Waals surface area contributed by atoms with Gasteiger partial charge in [0.05, 0.1) is 17.8 Å². The number of sulfonamides is 1. The molecule has 152 valence electrons. The van der Waals surface area contributed by atoms with Crippen molar-refractivity contribution in [1.29, 1.82) is 0 Å². The summed E-state index contributed by atoms with van der Waals surface area (Å²) in [6.45, 7) is 2.62. The fraction of sp³-hybridized carbons (Fsp3) is 0.444. The zero-order valence-corrected chi connectivity index (χ0v) is 18.0. The third-order valence-corrected chi connectivity index (χ3v) is 7.55. The predicted molar refractivity (Wildman–Crippen MR) is 108 cm³/mol. The molecule has 1 unspecified atom stereocenters. The van der Waals surface area contributed by atoms with Crippen molar-refractivity contribution >= 4 is 38.9 Å². The van der Waals surface area contributed by atoms with Crippen molar-refractivity contribution in [2.75, 3.05) is 20.2 Å². The quantitative estimate of drug-likeness (QED) is 0.710. The molecule has 2 aromatic rings. The number of ether oxygens (including phenoxy) is 1. The van der Waals surface area contributed by atoms with E-state index in [1.54, 1.807) is 17.4 Å². The zero-order chi connectivity index (χ0) is 20.3. The lowest BCUT2D eigenvalue weighted by atomic mass is 10.2. The summed E-state index contributed by atoms with van der Waals surface area (Å²) >= 11 is 7.55. The van der Waals surface area contributed by atoms with Gasteiger partial charge in [0.1, 0.15) is 16.7 Å². The van der Waals surface area contributed by atoms with E-state index in [0.717, 1.165) is 10.7 Å². The standard InChI is InChI=1S/C18H22ClN3O4S2/c1-12-21-14(11-27-12)7-8-20-18(23)15-4-3-9-22(15)28(24,25)17-10-13(19)5-6-16(17)26-2/h5-6,10-11,15H,3-4,7-9H2,1-2H3,(H,20,23). The van der Waals surface area contributed by atoms with E-state index >= 15 is 0 Å². The van der Waals surface area contributed by atoms with Crippen molar-refractivity contribution in [2.45, 2.75) is 37.1 Å². The fourth-order valence-electron chi connectivity index (χ4n) is 3.22. The van der Waals surface area contributed by atoms with Crippen LogP contribution in [0, 0.1) is 6.92 Å². The van der Waals surface area contributed by atoms with Crippen LogP contribution in [-0.2, 0) is 21.2 Å². The highest BCUT2D eigenvalue weighted by atomic mass is 35.5. The summed E-state index contributed by atoms with van der Waals surface area (Å²) in [6, 6.07) is 3.68. The Morgan fingerprint density at radius 1 is 1.46 bits per heavy atom. The number of aromatic nitrogens is 1. The van der Waals surface area contributed by atoms with Crippen molar-refractivity contribution in [2.24, 2.45) is 0 Å². The Balaban J connectivity index is 1.72. The Kier molecular flexibility index (Phi) is 6.59. The Bertz CT molecular complexity index is 961. The zero-order valence-electron chi connectivity index (χ0n) is 15.6. The third kappa shape index (κ3) is 4.48. The number of hydrogen-bond donors (Lipinski definition) is 1. The molecular weight excluding hydrogens is 422 g/mol. The van der Waals surface area contributed by atoms with Crippen LogP contribution in [0.1, 0.15) is 23.5 Å². The van der Waals surface area contributed by atoms with Crippen molar-refractivity contribution < 1.29 is 17.9 Å². The lowest BCUT2D eigenvalue weighted by Crippen LogP contribution is -2.46. The molecule has 1 N–H and O–H groups in total. The number of halogens is 1. The lowest BCUT2D eigenvalue weighted by molar-refractivity contribution is -0.124. The molecule has 1 aromatic carbocycles. The molecule has 1 aliphatic rings. The summed E-state index contributed by atoms with van der Waals surface area (Å²) in [5.74, 6) is -0.0941. The van der Waals surface area contributed by atoms with Gasteiger partial charge in [0.15, 0.2) is 0 Å². The number of thiazole rings is 1. The number of hydrogen-bond acceptors (Lipinski definition) is 6. The molecule has 1 aromatic heterocycles. The number of methoxy groups -OCH3 is 1. The minimum absolute atomic E-state index is 0.0276. The molecular formula is C18H22ClN3O4S2. The molecule has 3 rings (SSSR count). The number of aryl methyl sites for hydroxylation is 1. The first-order valence-electron chi connectivity index (χ1n) is 8.87. The van der Waals surface area contributed by atoms with Gasteiger partial charge in [0, 0.05) is 29.9 Å². The van der Waals surface area contributed by atoms with Crippen LogP contribution in [0.5, 0.6) is 5.75 Å². The number of nitrogens with one attached hydrogen (secondary N) is 1. The Morgan fingerprint density at radius 3 is 2.93 bits per heavy atom. The minimum Gasteiger partial charge on any atom is -0.495 e. The van der Waals surface area contributed by atoms with Gasteiger partial charge in [0.25, 0.3) is 0 Å². The maximum atomic E-state index is 13.2. The van der Waals surface area contributed by atoms with Crippen LogP contribution in [0.4, 0.5) is 0 Å². The number of carbonyl (C=O) groups is 1. The van der Waals surface area contributed by atoms with Crippen molar-refractivity contribution in [3.05, 3.63) is 39.3 Å². The fourth-order valence-corrected chi connectivity index (χ4v) is 5.95. The first kappa shape index (κ1) is 21.0. The van der Waals surface area contributed by atoms with Crippen LogP contribution in [0.25, 0.3) is 0 Å². The van der Waals surface area contributed by atoms with Crippen LogP contribution in [0.15, 0.2) is 28.5 Å². The highest BCUT2D eigenvalue weighted by molar-refractivity contribution is 7.89. The molecule has 28 heavy (non-hydrogen) atoms. The van der Waals surface area contributed by atoms with Crippen LogP contribution in [0.2, 0.25) is 5.02 Å². The molecule has 0 spiro atoms. The van der Waals surface area contributed by atoms with Crippen LogP contribution >= 0.6 is 22.9 Å². The van der Waals surface area contributed by atoms with E-state index in [4.69, 9.17) is 16.3 Å². The number of carbonyl (C=O) groups excluding carboxylic acids is 1. The second-order valence-corrected chi connectivity index (χ2v) is 9.83. The third-order valence-electron chi connectivity index (χ3n) is 4.57. The first-order chi connectivity index (χ1) is 13.3. The molecule has 1 aliphatic heterocycles. The molecule has 1 fully saturated rings. The van der Waals surface area contributed by atoms with E-state index in [-0.39, 0.29) is 28.1 Å². The van der Waals surface area contributed by atoms with E-state index in [2.05, 4.69) is 10.3 Å². The molecule has 0 radical (unpaired) electrons. The van der Waals surface area contributed by atoms with Crippen molar-refractivity contribution in [1.82, 2.24) is 14.6 Å². The summed E-state index contributed by atoms with van der Waals surface area (Å²) < 4.78 is 32.8. The minimum atomic E-state index is -3.92. The summed E-state index contributed by atoms with van der Waals surface area (Å²) in [5.41, 5.74) is 0.919.